The first kappa shape index (κ1) is 14.0. The quantitative estimate of drug-likeness (QED) is 0.784. The molecule has 0 aliphatic heterocycles. The molecule has 1 aromatic heterocycles. The van der Waals surface area contributed by atoms with Crippen LogP contribution in [0.4, 0.5) is 4.39 Å². The van der Waals surface area contributed by atoms with Gasteiger partial charge in [-0.05, 0) is 35.1 Å². The Balaban J connectivity index is 1.97. The number of nitrogens with two attached hydrogens (primary N) is 1. The van der Waals surface area contributed by atoms with Crippen LogP contribution in [0.2, 0.25) is 5.02 Å². The molecule has 106 valence electrons. The second-order valence-electron chi connectivity index (χ2n) is 4.97. The standard InChI is InChI=1S/C17H14ClFN2/c18-15-6-2-3-11(17(15)19)9-16(20)14-5-1-4-12-10-21-8-7-13(12)14/h1-8,10,16H,9,20H2. The second kappa shape index (κ2) is 5.80. The molecule has 0 spiro atoms. The topological polar surface area (TPSA) is 38.9 Å². The Morgan fingerprint density at radius 1 is 1.14 bits per heavy atom. The third kappa shape index (κ3) is 2.75. The molecule has 4 heteroatoms. The number of pyridine rings is 1. The molecule has 0 aliphatic rings. The van der Waals surface area contributed by atoms with Gasteiger partial charge < -0.3 is 5.73 Å². The summed E-state index contributed by atoms with van der Waals surface area (Å²) in [5.74, 6) is -0.392. The third-order valence-electron chi connectivity index (χ3n) is 3.59. The molecule has 21 heavy (non-hydrogen) atoms. The average molecular weight is 301 g/mol. The summed E-state index contributed by atoms with van der Waals surface area (Å²) in [5.41, 5.74) is 7.79. The molecule has 0 amide bonds. The predicted molar refractivity (Wildman–Crippen MR) is 83.8 cm³/mol. The fraction of sp³-hybridized carbons (Fsp3) is 0.118. The van der Waals surface area contributed by atoms with Crippen LogP contribution in [-0.4, -0.2) is 4.98 Å². The van der Waals surface area contributed by atoms with Gasteiger partial charge in [0.1, 0.15) is 5.82 Å². The van der Waals surface area contributed by atoms with E-state index in [1.807, 2.05) is 24.3 Å². The van der Waals surface area contributed by atoms with Crippen LogP contribution in [-0.2, 0) is 6.42 Å². The molecule has 1 atom stereocenters. The molecular weight excluding hydrogens is 287 g/mol. The number of hydrogen-bond donors (Lipinski definition) is 1. The van der Waals surface area contributed by atoms with Crippen molar-refractivity contribution in [2.24, 2.45) is 5.73 Å². The Morgan fingerprint density at radius 3 is 2.81 bits per heavy atom. The Labute approximate surface area is 127 Å². The summed E-state index contributed by atoms with van der Waals surface area (Å²) in [6, 6.07) is 12.5. The van der Waals surface area contributed by atoms with Crippen molar-refractivity contribution in [3.05, 3.63) is 76.8 Å². The lowest BCUT2D eigenvalue weighted by Crippen LogP contribution is -2.14. The van der Waals surface area contributed by atoms with Gasteiger partial charge in [0.05, 0.1) is 5.02 Å². The maximum absolute atomic E-state index is 14.0. The Bertz CT molecular complexity index is 783. The molecule has 0 bridgehead atoms. The van der Waals surface area contributed by atoms with E-state index in [4.69, 9.17) is 17.3 Å². The van der Waals surface area contributed by atoms with E-state index in [-0.39, 0.29) is 11.1 Å². The summed E-state index contributed by atoms with van der Waals surface area (Å²) in [6.45, 7) is 0. The highest BCUT2D eigenvalue weighted by molar-refractivity contribution is 6.30. The van der Waals surface area contributed by atoms with Gasteiger partial charge >= 0.3 is 0 Å². The Morgan fingerprint density at radius 2 is 1.95 bits per heavy atom. The molecule has 3 rings (SSSR count). The van der Waals surface area contributed by atoms with Crippen LogP contribution in [0, 0.1) is 5.82 Å². The summed E-state index contributed by atoms with van der Waals surface area (Å²) in [6.07, 6.45) is 3.93. The minimum absolute atomic E-state index is 0.127. The zero-order valence-electron chi connectivity index (χ0n) is 11.3. The van der Waals surface area contributed by atoms with E-state index in [9.17, 15) is 4.39 Å². The van der Waals surface area contributed by atoms with Crippen molar-refractivity contribution in [3.8, 4) is 0 Å². The van der Waals surface area contributed by atoms with Gasteiger partial charge in [0.15, 0.2) is 0 Å². The molecule has 0 saturated carbocycles. The van der Waals surface area contributed by atoms with E-state index >= 15 is 0 Å². The third-order valence-corrected chi connectivity index (χ3v) is 3.88. The van der Waals surface area contributed by atoms with Crippen LogP contribution in [0.1, 0.15) is 17.2 Å². The minimum Gasteiger partial charge on any atom is -0.324 e. The number of rotatable bonds is 3. The maximum Gasteiger partial charge on any atom is 0.145 e. The first-order valence-electron chi connectivity index (χ1n) is 6.68. The molecule has 1 unspecified atom stereocenters. The molecule has 0 aliphatic carbocycles. The van der Waals surface area contributed by atoms with Crippen LogP contribution in [0.25, 0.3) is 10.8 Å². The second-order valence-corrected chi connectivity index (χ2v) is 5.37. The fourth-order valence-electron chi connectivity index (χ4n) is 2.52. The van der Waals surface area contributed by atoms with E-state index in [0.29, 0.717) is 12.0 Å². The zero-order chi connectivity index (χ0) is 14.8. The van der Waals surface area contributed by atoms with Crippen LogP contribution in [0.3, 0.4) is 0 Å². The molecule has 3 aromatic rings. The van der Waals surface area contributed by atoms with E-state index in [1.54, 1.807) is 24.5 Å². The first-order chi connectivity index (χ1) is 10.2. The Kier molecular flexibility index (Phi) is 3.86. The van der Waals surface area contributed by atoms with Gasteiger partial charge in [-0.3, -0.25) is 4.98 Å². The lowest BCUT2D eigenvalue weighted by molar-refractivity contribution is 0.594. The lowest BCUT2D eigenvalue weighted by atomic mass is 9.95. The molecule has 2 aromatic carbocycles. The number of fused-ring (bicyclic) bond motifs is 1. The highest BCUT2D eigenvalue weighted by atomic mass is 35.5. The SMILES string of the molecule is NC(Cc1cccc(Cl)c1F)c1cccc2cnccc12. The number of halogens is 2. The van der Waals surface area contributed by atoms with Gasteiger partial charge in [0.25, 0.3) is 0 Å². The van der Waals surface area contributed by atoms with Crippen molar-refractivity contribution >= 4 is 22.4 Å². The highest BCUT2D eigenvalue weighted by Crippen LogP contribution is 2.27. The number of aromatic nitrogens is 1. The molecule has 2 nitrogen and oxygen atoms in total. The fourth-order valence-corrected chi connectivity index (χ4v) is 2.72. The van der Waals surface area contributed by atoms with Gasteiger partial charge in [-0.25, -0.2) is 4.39 Å². The summed E-state index contributed by atoms with van der Waals surface area (Å²) < 4.78 is 14.0. The smallest absolute Gasteiger partial charge is 0.145 e. The van der Waals surface area contributed by atoms with Gasteiger partial charge in [0, 0.05) is 23.8 Å². The molecule has 0 fully saturated rings. The van der Waals surface area contributed by atoms with Crippen molar-refractivity contribution in [2.45, 2.75) is 12.5 Å². The molecule has 2 N–H and O–H groups in total. The average Bonchev–Trinajstić information content (AvgIpc) is 2.51. The van der Waals surface area contributed by atoms with Crippen LogP contribution >= 0.6 is 11.6 Å². The van der Waals surface area contributed by atoms with Crippen molar-refractivity contribution in [1.82, 2.24) is 4.98 Å². The largest absolute Gasteiger partial charge is 0.324 e. The zero-order valence-corrected chi connectivity index (χ0v) is 12.0. The van der Waals surface area contributed by atoms with E-state index in [1.165, 1.54) is 6.07 Å². The van der Waals surface area contributed by atoms with Crippen molar-refractivity contribution in [3.63, 3.8) is 0 Å². The molecular formula is C17H14ClFN2. The van der Waals surface area contributed by atoms with E-state index in [2.05, 4.69) is 4.98 Å². The van der Waals surface area contributed by atoms with Gasteiger partial charge in [-0.2, -0.15) is 0 Å². The monoisotopic (exact) mass is 300 g/mol. The van der Waals surface area contributed by atoms with E-state index in [0.717, 1.165) is 16.3 Å². The van der Waals surface area contributed by atoms with Crippen molar-refractivity contribution < 1.29 is 4.39 Å². The summed E-state index contributed by atoms with van der Waals surface area (Å²) in [4.78, 5) is 4.10. The van der Waals surface area contributed by atoms with Crippen molar-refractivity contribution in [1.29, 1.82) is 0 Å². The predicted octanol–water partition coefficient (Wildman–Crippen LogP) is 4.27. The summed E-state index contributed by atoms with van der Waals surface area (Å²) >= 11 is 5.81. The normalized spacial score (nSPS) is 12.5. The summed E-state index contributed by atoms with van der Waals surface area (Å²) in [5, 5.41) is 2.20. The molecule has 0 radical (unpaired) electrons. The van der Waals surface area contributed by atoms with Crippen molar-refractivity contribution in [2.75, 3.05) is 0 Å². The van der Waals surface area contributed by atoms with Crippen LogP contribution in [0.15, 0.2) is 54.9 Å². The molecule has 0 saturated heterocycles. The van der Waals surface area contributed by atoms with Crippen LogP contribution in [0.5, 0.6) is 0 Å². The highest BCUT2D eigenvalue weighted by Gasteiger charge is 2.14. The van der Waals surface area contributed by atoms with Gasteiger partial charge in [0.2, 0.25) is 0 Å². The Hall–Kier alpha value is -1.97. The number of benzene rings is 2. The van der Waals surface area contributed by atoms with Crippen LogP contribution < -0.4 is 5.73 Å². The van der Waals surface area contributed by atoms with Gasteiger partial charge in [-0.15, -0.1) is 0 Å². The van der Waals surface area contributed by atoms with Gasteiger partial charge in [-0.1, -0.05) is 41.9 Å². The lowest BCUT2D eigenvalue weighted by Gasteiger charge is -2.15. The molecule has 1 heterocycles. The summed E-state index contributed by atoms with van der Waals surface area (Å²) in [7, 11) is 0. The minimum atomic E-state index is -0.392. The number of nitrogens with zero attached hydrogens (tertiary/aromatic N) is 1. The van der Waals surface area contributed by atoms with E-state index < -0.39 is 5.82 Å². The maximum atomic E-state index is 14.0. The first-order valence-corrected chi connectivity index (χ1v) is 7.05. The number of hydrogen-bond acceptors (Lipinski definition) is 2.